The Labute approximate surface area is 104 Å². The van der Waals surface area contributed by atoms with Crippen LogP contribution in [-0.2, 0) is 0 Å². The van der Waals surface area contributed by atoms with Gasteiger partial charge in [0.25, 0.3) is 5.31 Å². The van der Waals surface area contributed by atoms with Crippen molar-refractivity contribution in [3.05, 3.63) is 47.8 Å². The van der Waals surface area contributed by atoms with E-state index in [1.54, 1.807) is 11.3 Å². The Kier molecular flexibility index (Phi) is 3.26. The van der Waals surface area contributed by atoms with Crippen molar-refractivity contribution in [1.82, 2.24) is 0 Å². The lowest BCUT2D eigenvalue weighted by molar-refractivity contribution is 1.77. The predicted octanol–water partition coefficient (Wildman–Crippen LogP) is 3.09. The highest BCUT2D eigenvalue weighted by Crippen LogP contribution is 2.22. The third kappa shape index (κ3) is 2.03. The number of benzene rings is 1. The van der Waals surface area contributed by atoms with Gasteiger partial charge in [-0.1, -0.05) is 73.0 Å². The summed E-state index contributed by atoms with van der Waals surface area (Å²) in [5.74, 6) is 0. The van der Waals surface area contributed by atoms with E-state index in [0.717, 1.165) is 0 Å². The molecule has 0 amide bonds. The summed E-state index contributed by atoms with van der Waals surface area (Å²) in [6, 6.07) is 14.8. The molecule has 72 valence electrons. The van der Waals surface area contributed by atoms with Crippen LogP contribution in [0.25, 0.3) is 0 Å². The first kappa shape index (κ1) is 10.6. The maximum atomic E-state index is 3.84. The van der Waals surface area contributed by atoms with Crippen LogP contribution in [0.3, 0.4) is 0 Å². The van der Waals surface area contributed by atoms with E-state index in [-0.39, 0.29) is 0 Å². The second-order valence-electron chi connectivity index (χ2n) is 2.92. The lowest BCUT2D eigenvalue weighted by Gasteiger charge is -2.16. The molecule has 0 aliphatic carbocycles. The predicted molar refractivity (Wildman–Crippen MR) is 73.6 cm³/mol. The summed E-state index contributed by atoms with van der Waals surface area (Å²) >= 11 is 9.48. The first-order valence-corrected chi connectivity index (χ1v) is 11.6. The molecule has 0 nitrogen and oxygen atoms in total. The quantitative estimate of drug-likeness (QED) is 0.578. The van der Waals surface area contributed by atoms with E-state index in [2.05, 4.69) is 72.4 Å². The van der Waals surface area contributed by atoms with Crippen molar-refractivity contribution in [3.8, 4) is 0 Å². The van der Waals surface area contributed by atoms with Gasteiger partial charge in [-0.2, -0.15) is 11.3 Å². The molecule has 0 aliphatic heterocycles. The Morgan fingerprint density at radius 3 is 2.21 bits per heavy atom. The SMILES string of the molecule is Br[Si](Br)(c1ccccc1)c1cccs1. The summed E-state index contributed by atoms with van der Waals surface area (Å²) in [6.07, 6.45) is 0. The number of halogens is 2. The number of thiophene rings is 1. The summed E-state index contributed by atoms with van der Waals surface area (Å²) in [5.41, 5.74) is 0. The van der Waals surface area contributed by atoms with E-state index in [0.29, 0.717) is 0 Å². The van der Waals surface area contributed by atoms with Crippen LogP contribution >= 0.6 is 41.9 Å². The highest BCUT2D eigenvalue weighted by atomic mass is 79.9. The van der Waals surface area contributed by atoms with Crippen LogP contribution in [0.4, 0.5) is 0 Å². The van der Waals surface area contributed by atoms with E-state index in [9.17, 15) is 0 Å². The van der Waals surface area contributed by atoms with Crippen molar-refractivity contribution in [2.45, 2.75) is 0 Å². The smallest absolute Gasteiger partial charge is 0.151 e. The van der Waals surface area contributed by atoms with Gasteiger partial charge in [0.2, 0.25) is 0 Å². The first-order valence-electron chi connectivity index (χ1n) is 4.18. The molecule has 0 spiro atoms. The highest BCUT2D eigenvalue weighted by Gasteiger charge is 2.32. The topological polar surface area (TPSA) is 0 Å². The Bertz CT molecular complexity index is 397. The zero-order chi connectivity index (χ0) is 10.0. The normalized spacial score (nSPS) is 11.6. The minimum atomic E-state index is -1.76. The second-order valence-corrected chi connectivity index (χ2v) is 16.8. The molecule has 0 radical (unpaired) electrons. The molecule has 0 unspecified atom stereocenters. The van der Waals surface area contributed by atoms with Gasteiger partial charge in [-0.05, 0) is 10.6 Å². The number of hydrogen-bond acceptors (Lipinski definition) is 1. The molecular formula is C10H8Br2SSi. The Balaban J connectivity index is 2.43. The standard InChI is InChI=1S/C10H8Br2SSi/c11-14(12,10-7-4-8-13-10)9-5-2-1-3-6-9/h1-8H. The zero-order valence-electron chi connectivity index (χ0n) is 7.28. The summed E-state index contributed by atoms with van der Waals surface area (Å²) in [5, 5.41) is 1.70. The van der Waals surface area contributed by atoms with Gasteiger partial charge in [-0.15, -0.1) is 0 Å². The van der Waals surface area contributed by atoms with E-state index >= 15 is 0 Å². The molecule has 2 aromatic rings. The molecule has 0 atom stereocenters. The third-order valence-electron chi connectivity index (χ3n) is 1.97. The molecular weight excluding hydrogens is 340 g/mol. The minimum absolute atomic E-state index is 1.35. The molecule has 0 bridgehead atoms. The second kappa shape index (κ2) is 4.31. The van der Waals surface area contributed by atoms with Crippen LogP contribution in [0.15, 0.2) is 47.8 Å². The Morgan fingerprint density at radius 1 is 0.929 bits per heavy atom. The molecule has 0 saturated carbocycles. The van der Waals surface area contributed by atoms with Crippen LogP contribution in [0, 0.1) is 0 Å². The van der Waals surface area contributed by atoms with Crippen LogP contribution < -0.4 is 9.69 Å². The number of hydrogen-bond donors (Lipinski definition) is 0. The van der Waals surface area contributed by atoms with Crippen molar-refractivity contribution >= 4 is 56.9 Å². The largest absolute Gasteiger partial charge is 0.269 e. The maximum Gasteiger partial charge on any atom is 0.269 e. The average Bonchev–Trinajstić information content (AvgIpc) is 2.72. The molecule has 0 saturated heterocycles. The third-order valence-corrected chi connectivity index (χ3v) is 12.7. The van der Waals surface area contributed by atoms with Crippen LogP contribution in [-0.4, -0.2) is 5.31 Å². The Morgan fingerprint density at radius 2 is 1.64 bits per heavy atom. The summed E-state index contributed by atoms with van der Waals surface area (Å²) in [6.45, 7) is 0. The zero-order valence-corrected chi connectivity index (χ0v) is 12.3. The monoisotopic (exact) mass is 346 g/mol. The molecule has 0 aliphatic rings. The van der Waals surface area contributed by atoms with E-state index < -0.39 is 5.31 Å². The van der Waals surface area contributed by atoms with Crippen molar-refractivity contribution in [1.29, 1.82) is 0 Å². The van der Waals surface area contributed by atoms with E-state index in [4.69, 9.17) is 0 Å². The van der Waals surface area contributed by atoms with Gasteiger partial charge in [0, 0.05) is 4.50 Å². The van der Waals surface area contributed by atoms with Crippen molar-refractivity contribution < 1.29 is 0 Å². The molecule has 4 heteroatoms. The molecule has 0 fully saturated rings. The first-order chi connectivity index (χ1) is 6.71. The van der Waals surface area contributed by atoms with Gasteiger partial charge >= 0.3 is 0 Å². The lowest BCUT2D eigenvalue weighted by atomic mass is 10.4. The van der Waals surface area contributed by atoms with Gasteiger partial charge in [-0.25, -0.2) is 0 Å². The molecule has 14 heavy (non-hydrogen) atoms. The molecule has 1 heterocycles. The fraction of sp³-hybridized carbons (Fsp3) is 0. The van der Waals surface area contributed by atoms with Crippen LogP contribution in [0.2, 0.25) is 0 Å². The lowest BCUT2D eigenvalue weighted by Crippen LogP contribution is -2.45. The average molecular weight is 348 g/mol. The Hall–Kier alpha value is 0.0969. The minimum Gasteiger partial charge on any atom is -0.151 e. The summed E-state index contributed by atoms with van der Waals surface area (Å²) < 4.78 is 1.39. The summed E-state index contributed by atoms with van der Waals surface area (Å²) in [4.78, 5) is 0. The molecule has 2 rings (SSSR count). The van der Waals surface area contributed by atoms with E-state index in [1.807, 2.05) is 6.07 Å². The number of rotatable bonds is 2. The fourth-order valence-electron chi connectivity index (χ4n) is 1.25. The van der Waals surface area contributed by atoms with Gasteiger partial charge in [0.15, 0.2) is 0 Å². The van der Waals surface area contributed by atoms with Crippen LogP contribution in [0.5, 0.6) is 0 Å². The van der Waals surface area contributed by atoms with Crippen molar-refractivity contribution in [3.63, 3.8) is 0 Å². The summed E-state index contributed by atoms with van der Waals surface area (Å²) in [7, 11) is 0. The van der Waals surface area contributed by atoms with E-state index in [1.165, 1.54) is 9.69 Å². The van der Waals surface area contributed by atoms with Gasteiger partial charge in [0.1, 0.15) is 0 Å². The molecule has 1 aromatic carbocycles. The van der Waals surface area contributed by atoms with Crippen LogP contribution in [0.1, 0.15) is 0 Å². The maximum absolute atomic E-state index is 3.84. The van der Waals surface area contributed by atoms with Gasteiger partial charge in [-0.3, -0.25) is 0 Å². The fourth-order valence-corrected chi connectivity index (χ4v) is 8.12. The molecule has 1 aromatic heterocycles. The highest BCUT2D eigenvalue weighted by molar-refractivity contribution is 9.52. The van der Waals surface area contributed by atoms with Gasteiger partial charge in [0.05, 0.1) is 0 Å². The molecule has 0 N–H and O–H groups in total. The van der Waals surface area contributed by atoms with Crippen molar-refractivity contribution in [2.75, 3.05) is 0 Å². The van der Waals surface area contributed by atoms with Gasteiger partial charge < -0.3 is 0 Å². The van der Waals surface area contributed by atoms with Crippen molar-refractivity contribution in [2.24, 2.45) is 0 Å².